The highest BCUT2D eigenvalue weighted by molar-refractivity contribution is 8.00. The second-order valence-electron chi connectivity index (χ2n) is 11.2. The average Bonchev–Trinajstić information content (AvgIpc) is 3.55. The SMILES string of the molecule is COC(=O)c1c(-c2ccc(C)cc2)csc1NC(=O)C(C)Sc1cccc(NC(=O)/C(=C\c2ccc([N+](=O)[O-])cc2)NC(=O)c2ccccc2)c1. The highest BCUT2D eigenvalue weighted by atomic mass is 32.2. The molecule has 0 aliphatic heterocycles. The molecule has 3 amide bonds. The lowest BCUT2D eigenvalue weighted by Crippen LogP contribution is -2.30. The lowest BCUT2D eigenvalue weighted by Gasteiger charge is -2.14. The predicted octanol–water partition coefficient (Wildman–Crippen LogP) is 7.95. The third-order valence-electron chi connectivity index (χ3n) is 7.50. The Morgan fingerprint density at radius 3 is 2.27 bits per heavy atom. The Hall–Kier alpha value is -6.05. The Balaban J connectivity index is 1.31. The number of hydrogen-bond acceptors (Lipinski definition) is 9. The van der Waals surface area contributed by atoms with Gasteiger partial charge >= 0.3 is 5.97 Å². The number of thiophene rings is 1. The Labute approximate surface area is 301 Å². The Morgan fingerprint density at radius 1 is 0.902 bits per heavy atom. The number of nitrogens with zero attached hydrogens (tertiary/aromatic N) is 1. The lowest BCUT2D eigenvalue weighted by molar-refractivity contribution is -0.384. The van der Waals surface area contributed by atoms with Crippen LogP contribution in [-0.2, 0) is 14.3 Å². The van der Waals surface area contributed by atoms with Gasteiger partial charge in [0, 0.05) is 39.2 Å². The zero-order chi connectivity index (χ0) is 36.5. The molecule has 0 radical (unpaired) electrons. The number of thioether (sulfide) groups is 1. The summed E-state index contributed by atoms with van der Waals surface area (Å²) in [6.07, 6.45) is 1.42. The number of amides is 3. The third kappa shape index (κ3) is 9.35. The number of esters is 1. The van der Waals surface area contributed by atoms with E-state index in [1.54, 1.807) is 61.5 Å². The zero-order valence-corrected chi connectivity index (χ0v) is 29.3. The molecule has 0 saturated heterocycles. The molecule has 0 fully saturated rings. The number of nitrogens with one attached hydrogen (secondary N) is 3. The highest BCUT2D eigenvalue weighted by Gasteiger charge is 2.24. The van der Waals surface area contributed by atoms with Crippen LogP contribution in [0.25, 0.3) is 17.2 Å². The maximum absolute atomic E-state index is 13.5. The largest absolute Gasteiger partial charge is 0.465 e. The number of methoxy groups -OCH3 is 1. The van der Waals surface area contributed by atoms with Gasteiger partial charge in [-0.25, -0.2) is 4.79 Å². The van der Waals surface area contributed by atoms with Gasteiger partial charge in [-0.3, -0.25) is 24.5 Å². The first-order valence-corrected chi connectivity index (χ1v) is 17.3. The molecule has 0 spiro atoms. The van der Waals surface area contributed by atoms with Gasteiger partial charge in [-0.1, -0.05) is 54.1 Å². The number of non-ortho nitro benzene ring substituents is 1. The van der Waals surface area contributed by atoms with Gasteiger partial charge in [0.2, 0.25) is 5.91 Å². The van der Waals surface area contributed by atoms with E-state index >= 15 is 0 Å². The van der Waals surface area contributed by atoms with E-state index in [0.29, 0.717) is 32.3 Å². The number of carbonyl (C=O) groups excluding carboxylic acids is 4. The van der Waals surface area contributed by atoms with Gasteiger partial charge in [-0.2, -0.15) is 0 Å². The molecule has 0 saturated carbocycles. The monoisotopic (exact) mass is 720 g/mol. The Kier molecular flexibility index (Phi) is 11.8. The summed E-state index contributed by atoms with van der Waals surface area (Å²) in [5, 5.41) is 21.0. The molecule has 11 nitrogen and oxygen atoms in total. The van der Waals surface area contributed by atoms with Gasteiger partial charge in [0.05, 0.1) is 17.3 Å². The molecule has 1 heterocycles. The van der Waals surface area contributed by atoms with Crippen molar-refractivity contribution >= 4 is 69.2 Å². The topological polar surface area (TPSA) is 157 Å². The summed E-state index contributed by atoms with van der Waals surface area (Å²) in [5.41, 5.74) is 3.81. The molecule has 0 bridgehead atoms. The fourth-order valence-electron chi connectivity index (χ4n) is 4.82. The smallest absolute Gasteiger partial charge is 0.341 e. The molecule has 4 aromatic carbocycles. The molecule has 1 atom stereocenters. The number of rotatable bonds is 12. The quantitative estimate of drug-likeness (QED) is 0.0386. The summed E-state index contributed by atoms with van der Waals surface area (Å²) in [7, 11) is 1.29. The van der Waals surface area contributed by atoms with E-state index in [2.05, 4.69) is 16.0 Å². The summed E-state index contributed by atoms with van der Waals surface area (Å²) in [4.78, 5) is 63.9. The molecule has 1 unspecified atom stereocenters. The van der Waals surface area contributed by atoms with E-state index in [-0.39, 0.29) is 22.9 Å². The number of aryl methyl sites for hydroxylation is 1. The lowest BCUT2D eigenvalue weighted by atomic mass is 10.0. The maximum Gasteiger partial charge on any atom is 0.341 e. The van der Waals surface area contributed by atoms with Crippen molar-refractivity contribution in [3.8, 4) is 11.1 Å². The minimum atomic E-state index is -0.636. The van der Waals surface area contributed by atoms with Crippen molar-refractivity contribution in [1.29, 1.82) is 0 Å². The van der Waals surface area contributed by atoms with Crippen LogP contribution in [0.2, 0.25) is 0 Å². The molecule has 51 heavy (non-hydrogen) atoms. The van der Waals surface area contributed by atoms with Crippen molar-refractivity contribution in [3.05, 3.63) is 147 Å². The van der Waals surface area contributed by atoms with Crippen LogP contribution in [0.15, 0.2) is 119 Å². The number of anilines is 2. The molecule has 13 heteroatoms. The van der Waals surface area contributed by atoms with Crippen LogP contribution >= 0.6 is 23.1 Å². The van der Waals surface area contributed by atoms with Crippen molar-refractivity contribution in [2.45, 2.75) is 24.0 Å². The summed E-state index contributed by atoms with van der Waals surface area (Å²) < 4.78 is 5.04. The van der Waals surface area contributed by atoms with E-state index in [9.17, 15) is 29.3 Å². The van der Waals surface area contributed by atoms with E-state index in [1.165, 1.54) is 60.5 Å². The summed E-state index contributed by atoms with van der Waals surface area (Å²) in [6, 6.07) is 28.5. The predicted molar refractivity (Wildman–Crippen MR) is 200 cm³/mol. The molecule has 0 aliphatic rings. The first-order chi connectivity index (χ1) is 24.5. The van der Waals surface area contributed by atoms with Gasteiger partial charge in [-0.05, 0) is 73.5 Å². The standard InChI is InChI=1S/C38H32N4O7S2/c1-23-12-16-26(17-13-23)31-22-50-37(33(31)38(46)49-3)41-34(43)24(2)51-30-11-7-10-28(21-30)39-36(45)32(40-35(44)27-8-5-4-6-9-27)20-25-14-18-29(19-15-25)42(47)48/h4-22,24H,1-3H3,(H,39,45)(H,40,44)(H,41,43)/b32-20+. The van der Waals surface area contributed by atoms with Crippen molar-refractivity contribution in [1.82, 2.24) is 5.32 Å². The molecule has 0 aliphatic carbocycles. The van der Waals surface area contributed by atoms with Crippen molar-refractivity contribution in [2.24, 2.45) is 0 Å². The van der Waals surface area contributed by atoms with Crippen LogP contribution < -0.4 is 16.0 Å². The zero-order valence-electron chi connectivity index (χ0n) is 27.7. The van der Waals surface area contributed by atoms with Gasteiger partial charge in [0.25, 0.3) is 17.5 Å². The number of benzene rings is 4. The Morgan fingerprint density at radius 2 is 1.61 bits per heavy atom. The highest BCUT2D eigenvalue weighted by Crippen LogP contribution is 2.37. The van der Waals surface area contributed by atoms with Crippen LogP contribution in [0.1, 0.15) is 38.8 Å². The molecule has 5 aromatic rings. The maximum atomic E-state index is 13.5. The average molecular weight is 721 g/mol. The second-order valence-corrected chi connectivity index (χ2v) is 13.5. The molecule has 1 aromatic heterocycles. The van der Waals surface area contributed by atoms with E-state index in [1.807, 2.05) is 36.6 Å². The van der Waals surface area contributed by atoms with Crippen LogP contribution in [0.4, 0.5) is 16.4 Å². The van der Waals surface area contributed by atoms with Crippen LogP contribution in [0, 0.1) is 17.0 Å². The fraction of sp³-hybridized carbons (Fsp3) is 0.105. The van der Waals surface area contributed by atoms with E-state index in [0.717, 1.165) is 11.1 Å². The minimum absolute atomic E-state index is 0.0918. The minimum Gasteiger partial charge on any atom is -0.465 e. The number of nitro groups is 1. The summed E-state index contributed by atoms with van der Waals surface area (Å²) in [5.74, 6) is -2.06. The number of carbonyl (C=O) groups is 4. The normalized spacial score (nSPS) is 11.6. The van der Waals surface area contributed by atoms with E-state index < -0.39 is 28.0 Å². The van der Waals surface area contributed by atoms with Gasteiger partial charge < -0.3 is 20.7 Å². The molecule has 258 valence electrons. The number of ether oxygens (including phenoxy) is 1. The van der Waals surface area contributed by atoms with Crippen molar-refractivity contribution in [2.75, 3.05) is 17.7 Å². The third-order valence-corrected chi connectivity index (χ3v) is 9.49. The van der Waals surface area contributed by atoms with Gasteiger partial charge in [0.1, 0.15) is 16.3 Å². The van der Waals surface area contributed by atoms with E-state index in [4.69, 9.17) is 4.74 Å². The van der Waals surface area contributed by atoms with Crippen molar-refractivity contribution in [3.63, 3.8) is 0 Å². The summed E-state index contributed by atoms with van der Waals surface area (Å²) >= 11 is 2.48. The first kappa shape index (κ1) is 36.2. The molecule has 5 rings (SSSR count). The first-order valence-electron chi connectivity index (χ1n) is 15.5. The van der Waals surface area contributed by atoms with Gasteiger partial charge in [0.15, 0.2) is 0 Å². The number of hydrogen-bond donors (Lipinski definition) is 3. The van der Waals surface area contributed by atoms with Crippen LogP contribution in [-0.4, -0.2) is 41.0 Å². The van der Waals surface area contributed by atoms with Crippen LogP contribution in [0.3, 0.4) is 0 Å². The molecular weight excluding hydrogens is 689 g/mol. The Bertz CT molecular complexity index is 2110. The van der Waals surface area contributed by atoms with Gasteiger partial charge in [-0.15, -0.1) is 23.1 Å². The molecule has 3 N–H and O–H groups in total. The molecular formula is C38H32N4O7S2. The summed E-state index contributed by atoms with van der Waals surface area (Å²) in [6.45, 7) is 3.69. The van der Waals surface area contributed by atoms with Crippen LogP contribution in [0.5, 0.6) is 0 Å². The fourth-order valence-corrected chi connectivity index (χ4v) is 6.70. The second kappa shape index (κ2) is 16.6. The number of nitro benzene ring substituents is 1. The van der Waals surface area contributed by atoms with Crippen molar-refractivity contribution < 1.29 is 28.8 Å².